The number of unbranched alkanes of at least 4 members (excludes halogenated alkanes) is 1. The number of carboxylic acids is 1. The van der Waals surface area contributed by atoms with E-state index >= 15 is 0 Å². The lowest BCUT2D eigenvalue weighted by molar-refractivity contribution is -0.385. The second-order valence-corrected chi connectivity index (χ2v) is 9.93. The van der Waals surface area contributed by atoms with E-state index in [0.29, 0.717) is 50.5 Å². The third-order valence-corrected chi connectivity index (χ3v) is 6.61. The van der Waals surface area contributed by atoms with Crippen LogP contribution in [0.15, 0.2) is 66.7 Å². The van der Waals surface area contributed by atoms with E-state index in [1.807, 2.05) is 0 Å². The van der Waals surface area contributed by atoms with Crippen molar-refractivity contribution in [2.45, 2.75) is 45.8 Å². The molecular weight excluding hydrogens is 575 g/mol. The molecule has 0 aromatic heterocycles. The van der Waals surface area contributed by atoms with Crippen molar-refractivity contribution in [2.75, 3.05) is 32.9 Å². The third-order valence-electron chi connectivity index (χ3n) is 6.61. The van der Waals surface area contributed by atoms with Crippen LogP contribution in [0.3, 0.4) is 0 Å². The molecule has 0 radical (unpaired) electrons. The summed E-state index contributed by atoms with van der Waals surface area (Å²) in [4.78, 5) is 36.7. The van der Waals surface area contributed by atoms with Crippen molar-refractivity contribution in [3.8, 4) is 11.5 Å². The Morgan fingerprint density at radius 3 is 2.30 bits per heavy atom. The van der Waals surface area contributed by atoms with Gasteiger partial charge < -0.3 is 29.0 Å². The van der Waals surface area contributed by atoms with E-state index in [4.69, 9.17) is 18.9 Å². The van der Waals surface area contributed by atoms with Crippen LogP contribution in [0.1, 0.15) is 36.5 Å². The Balaban J connectivity index is 1.55. The van der Waals surface area contributed by atoms with Gasteiger partial charge in [-0.1, -0.05) is 24.3 Å². The Bertz CT molecular complexity index is 1370. The van der Waals surface area contributed by atoms with Crippen LogP contribution in [0.25, 0.3) is 0 Å². The van der Waals surface area contributed by atoms with Gasteiger partial charge in [0.2, 0.25) is 0 Å². The summed E-state index contributed by atoms with van der Waals surface area (Å²) >= 11 is 0. The van der Waals surface area contributed by atoms with Crippen molar-refractivity contribution < 1.29 is 43.0 Å². The Morgan fingerprint density at radius 2 is 1.64 bits per heavy atom. The highest BCUT2D eigenvalue weighted by Crippen LogP contribution is 2.24. The molecule has 0 saturated carbocycles. The van der Waals surface area contributed by atoms with Crippen molar-refractivity contribution in [1.82, 2.24) is 4.90 Å². The lowest BCUT2D eigenvalue weighted by atomic mass is 10.1. The molecule has 12 heteroatoms. The minimum absolute atomic E-state index is 0.0585. The number of nitro groups is 1. The summed E-state index contributed by atoms with van der Waals surface area (Å²) in [5, 5.41) is 20.6. The monoisotopic (exact) mass is 612 g/mol. The molecule has 0 aliphatic heterocycles. The van der Waals surface area contributed by atoms with Crippen LogP contribution in [-0.2, 0) is 27.3 Å². The molecule has 1 amide bonds. The molecule has 0 heterocycles. The van der Waals surface area contributed by atoms with Gasteiger partial charge in [-0.2, -0.15) is 0 Å². The van der Waals surface area contributed by atoms with Gasteiger partial charge in [-0.25, -0.2) is 14.0 Å². The topological polar surface area (TPSA) is 138 Å². The summed E-state index contributed by atoms with van der Waals surface area (Å²) in [6.45, 7) is 5.04. The first-order valence-corrected chi connectivity index (χ1v) is 14.3. The number of nitrogens with zero attached hydrogens (tertiary/aromatic N) is 2. The van der Waals surface area contributed by atoms with E-state index in [0.717, 1.165) is 11.1 Å². The van der Waals surface area contributed by atoms with Crippen LogP contribution in [-0.4, -0.2) is 66.0 Å². The highest BCUT2D eigenvalue weighted by Gasteiger charge is 2.20. The van der Waals surface area contributed by atoms with E-state index in [1.54, 1.807) is 50.2 Å². The van der Waals surface area contributed by atoms with Crippen LogP contribution in [0.5, 0.6) is 11.5 Å². The number of hydrogen-bond donors (Lipinski definition) is 1. The average molecular weight is 613 g/mol. The lowest BCUT2D eigenvalue weighted by Crippen LogP contribution is -2.37. The fourth-order valence-electron chi connectivity index (χ4n) is 4.21. The van der Waals surface area contributed by atoms with Crippen molar-refractivity contribution in [2.24, 2.45) is 0 Å². The van der Waals surface area contributed by atoms with Crippen LogP contribution >= 0.6 is 0 Å². The molecule has 0 spiro atoms. The summed E-state index contributed by atoms with van der Waals surface area (Å²) in [7, 11) is 0. The number of nitro benzene ring substituents is 1. The number of aryl methyl sites for hydroxylation is 1. The van der Waals surface area contributed by atoms with E-state index in [9.17, 15) is 29.2 Å². The van der Waals surface area contributed by atoms with Gasteiger partial charge in [-0.15, -0.1) is 0 Å². The second kappa shape index (κ2) is 17.5. The van der Waals surface area contributed by atoms with Crippen molar-refractivity contribution in [1.29, 1.82) is 0 Å². The minimum Gasteiger partial charge on any atom is -0.492 e. The number of carboxylic acid groups (broad SMARTS) is 1. The average Bonchev–Trinajstić information content (AvgIpc) is 3.00. The molecule has 3 rings (SSSR count). The highest BCUT2D eigenvalue weighted by molar-refractivity contribution is 5.72. The van der Waals surface area contributed by atoms with Crippen LogP contribution in [0.2, 0.25) is 0 Å². The molecule has 0 saturated heterocycles. The molecule has 11 nitrogen and oxygen atoms in total. The summed E-state index contributed by atoms with van der Waals surface area (Å²) in [5.41, 5.74) is 1.92. The molecule has 3 aromatic carbocycles. The maximum Gasteiger partial charge on any atom is 0.415 e. The van der Waals surface area contributed by atoms with Crippen molar-refractivity contribution in [3.63, 3.8) is 0 Å². The van der Waals surface area contributed by atoms with Gasteiger partial charge in [-0.3, -0.25) is 10.1 Å². The smallest absolute Gasteiger partial charge is 0.415 e. The van der Waals surface area contributed by atoms with E-state index in [1.165, 1.54) is 35.2 Å². The van der Waals surface area contributed by atoms with E-state index < -0.39 is 23.1 Å². The number of benzene rings is 3. The van der Waals surface area contributed by atoms with Crippen molar-refractivity contribution >= 4 is 17.7 Å². The molecule has 1 N–H and O–H groups in total. The molecular formula is C32H37FN2O9. The van der Waals surface area contributed by atoms with Crippen LogP contribution in [0.4, 0.5) is 14.9 Å². The zero-order valence-corrected chi connectivity index (χ0v) is 24.8. The Hall–Kier alpha value is -4.55. The Kier molecular flexibility index (Phi) is 13.5. The number of carbonyl (C=O) groups is 2. The van der Waals surface area contributed by atoms with Gasteiger partial charge in [0.05, 0.1) is 24.1 Å². The molecule has 236 valence electrons. The number of aliphatic carboxylic acids is 1. The van der Waals surface area contributed by atoms with Crippen LogP contribution in [0, 0.1) is 22.9 Å². The summed E-state index contributed by atoms with van der Waals surface area (Å²) < 4.78 is 35.3. The number of carbonyl (C=O) groups excluding carboxylic acids is 1. The normalized spacial score (nSPS) is 11.5. The van der Waals surface area contributed by atoms with Gasteiger partial charge in [0.25, 0.3) is 5.69 Å². The molecule has 44 heavy (non-hydrogen) atoms. The minimum atomic E-state index is -1.03. The maximum atomic E-state index is 13.1. The predicted octanol–water partition coefficient (Wildman–Crippen LogP) is 5.95. The highest BCUT2D eigenvalue weighted by atomic mass is 19.1. The van der Waals surface area contributed by atoms with Gasteiger partial charge in [0.15, 0.2) is 6.10 Å². The molecule has 1 atom stereocenters. The van der Waals surface area contributed by atoms with E-state index in [-0.39, 0.29) is 36.8 Å². The molecule has 0 bridgehead atoms. The van der Waals surface area contributed by atoms with E-state index in [2.05, 4.69) is 0 Å². The summed E-state index contributed by atoms with van der Waals surface area (Å²) in [6, 6.07) is 17.2. The Labute approximate surface area is 255 Å². The molecule has 0 aliphatic carbocycles. The molecule has 1 unspecified atom stereocenters. The summed E-state index contributed by atoms with van der Waals surface area (Å²) in [6.07, 6.45) is -0.165. The largest absolute Gasteiger partial charge is 0.492 e. The second-order valence-electron chi connectivity index (χ2n) is 9.93. The van der Waals surface area contributed by atoms with Gasteiger partial charge in [0, 0.05) is 31.7 Å². The zero-order valence-electron chi connectivity index (χ0n) is 24.8. The summed E-state index contributed by atoms with van der Waals surface area (Å²) in [5.74, 6) is -0.746. The molecule has 3 aromatic rings. The van der Waals surface area contributed by atoms with Gasteiger partial charge >= 0.3 is 12.1 Å². The number of ether oxygens (including phenoxy) is 4. The number of rotatable bonds is 18. The van der Waals surface area contributed by atoms with Gasteiger partial charge in [0.1, 0.15) is 23.9 Å². The lowest BCUT2D eigenvalue weighted by Gasteiger charge is -2.22. The standard InChI is InChI=1S/C32H37FN2O9/c1-3-42-30(31(36)37)20-24-9-14-27(15-10-24)43-19-17-34(16-4-5-18-41-22-25-7-11-26(33)12-8-25)32(38)44-28-13-6-23(2)29(21-28)35(39)40/h6-15,21,30H,3-5,16-20,22H2,1-2H3,(H,36,37). The Morgan fingerprint density at radius 1 is 0.955 bits per heavy atom. The van der Waals surface area contributed by atoms with Gasteiger partial charge in [-0.05, 0) is 74.2 Å². The number of hydrogen-bond acceptors (Lipinski definition) is 8. The third kappa shape index (κ3) is 11.3. The van der Waals surface area contributed by atoms with Crippen molar-refractivity contribution in [3.05, 3.63) is 99.4 Å². The fraction of sp³-hybridized carbons (Fsp3) is 0.375. The zero-order chi connectivity index (χ0) is 31.9. The first-order chi connectivity index (χ1) is 21.2. The SMILES string of the molecule is CCOC(Cc1ccc(OCCN(CCCCOCc2ccc(F)cc2)C(=O)Oc2ccc(C)c([N+](=O)[O-])c2)cc1)C(=O)O. The van der Waals surface area contributed by atoms with Crippen LogP contribution < -0.4 is 9.47 Å². The fourth-order valence-corrected chi connectivity index (χ4v) is 4.21. The molecule has 0 aliphatic rings. The first kappa shape index (κ1) is 33.9. The first-order valence-electron chi connectivity index (χ1n) is 14.3. The number of halogens is 1. The molecule has 0 fully saturated rings. The predicted molar refractivity (Wildman–Crippen MR) is 159 cm³/mol. The quantitative estimate of drug-likeness (QED) is 0.105. The maximum absolute atomic E-state index is 13.1. The number of amides is 1.